The number of nitrogens with one attached hydrogen (secondary N) is 1. The van der Waals surface area contributed by atoms with Crippen LogP contribution in [0.15, 0.2) is 29.8 Å². The third-order valence-corrected chi connectivity index (χ3v) is 3.88. The lowest BCUT2D eigenvalue weighted by molar-refractivity contribution is 0.101. The number of anilines is 1. The first kappa shape index (κ1) is 12.0. The molecule has 6 heteroatoms. The van der Waals surface area contributed by atoms with Crippen LogP contribution in [0.3, 0.4) is 0 Å². The third kappa shape index (κ3) is 2.04. The number of hydrogen-bond acceptors (Lipinski definition) is 3. The highest BCUT2D eigenvalue weighted by Crippen LogP contribution is 2.25. The van der Waals surface area contributed by atoms with E-state index in [1.54, 1.807) is 28.3 Å². The SMILES string of the molecule is CCn1c(C(=O)Nc2ccn(C)n2)cc2sccc21. The van der Waals surface area contributed by atoms with Crippen molar-refractivity contribution in [1.82, 2.24) is 14.3 Å². The molecular formula is C13H14N4OS. The molecule has 3 rings (SSSR count). The summed E-state index contributed by atoms with van der Waals surface area (Å²) in [6.07, 6.45) is 1.80. The molecule has 1 N–H and O–H groups in total. The number of aromatic nitrogens is 3. The van der Waals surface area contributed by atoms with Crippen molar-refractivity contribution in [1.29, 1.82) is 0 Å². The van der Waals surface area contributed by atoms with Gasteiger partial charge in [-0.25, -0.2) is 0 Å². The molecule has 0 aliphatic heterocycles. The zero-order valence-electron chi connectivity index (χ0n) is 10.8. The molecule has 0 unspecified atom stereocenters. The predicted molar refractivity (Wildman–Crippen MR) is 76.7 cm³/mol. The second-order valence-electron chi connectivity index (χ2n) is 4.27. The van der Waals surface area contributed by atoms with Crippen molar-refractivity contribution in [2.45, 2.75) is 13.5 Å². The zero-order valence-corrected chi connectivity index (χ0v) is 11.6. The summed E-state index contributed by atoms with van der Waals surface area (Å²) < 4.78 is 4.81. The van der Waals surface area contributed by atoms with Gasteiger partial charge in [0.15, 0.2) is 5.82 Å². The summed E-state index contributed by atoms with van der Waals surface area (Å²) in [6, 6.07) is 5.75. The van der Waals surface area contributed by atoms with Gasteiger partial charge in [-0.05, 0) is 24.4 Å². The number of fused-ring (bicyclic) bond motifs is 1. The zero-order chi connectivity index (χ0) is 13.4. The lowest BCUT2D eigenvalue weighted by Crippen LogP contribution is -2.17. The van der Waals surface area contributed by atoms with Gasteiger partial charge in [-0.2, -0.15) is 5.10 Å². The van der Waals surface area contributed by atoms with Crippen molar-refractivity contribution < 1.29 is 4.79 Å². The van der Waals surface area contributed by atoms with Crippen molar-refractivity contribution in [3.8, 4) is 0 Å². The first-order valence-corrected chi connectivity index (χ1v) is 6.94. The number of hydrogen-bond donors (Lipinski definition) is 1. The van der Waals surface area contributed by atoms with Crippen molar-refractivity contribution in [3.63, 3.8) is 0 Å². The minimum absolute atomic E-state index is 0.121. The largest absolute Gasteiger partial charge is 0.336 e. The van der Waals surface area contributed by atoms with Crippen LogP contribution in [0.4, 0.5) is 5.82 Å². The van der Waals surface area contributed by atoms with E-state index in [1.807, 2.05) is 36.1 Å². The minimum atomic E-state index is -0.121. The first-order chi connectivity index (χ1) is 9.19. The third-order valence-electron chi connectivity index (χ3n) is 3.03. The highest BCUT2D eigenvalue weighted by Gasteiger charge is 2.16. The van der Waals surface area contributed by atoms with Gasteiger partial charge in [-0.1, -0.05) is 0 Å². The molecule has 0 atom stereocenters. The average molecular weight is 274 g/mol. The van der Waals surface area contributed by atoms with Gasteiger partial charge in [-0.15, -0.1) is 11.3 Å². The molecule has 3 aromatic heterocycles. The Morgan fingerprint density at radius 2 is 2.32 bits per heavy atom. The van der Waals surface area contributed by atoms with Gasteiger partial charge in [-0.3, -0.25) is 9.48 Å². The molecule has 0 saturated heterocycles. The molecule has 0 aliphatic carbocycles. The highest BCUT2D eigenvalue weighted by molar-refractivity contribution is 7.17. The standard InChI is InChI=1S/C13H14N4OS/c1-3-17-9-5-7-19-11(9)8-10(17)13(18)14-12-4-6-16(2)15-12/h4-8H,3H2,1-2H3,(H,14,15,18). The quantitative estimate of drug-likeness (QED) is 0.798. The summed E-state index contributed by atoms with van der Waals surface area (Å²) >= 11 is 1.64. The molecule has 19 heavy (non-hydrogen) atoms. The number of rotatable bonds is 3. The molecule has 0 aliphatic rings. The van der Waals surface area contributed by atoms with Gasteiger partial charge in [0.1, 0.15) is 5.69 Å². The second kappa shape index (κ2) is 4.55. The van der Waals surface area contributed by atoms with Crippen LogP contribution >= 0.6 is 11.3 Å². The molecule has 3 heterocycles. The number of aryl methyl sites for hydroxylation is 2. The van der Waals surface area contributed by atoms with E-state index >= 15 is 0 Å². The minimum Gasteiger partial charge on any atom is -0.336 e. The topological polar surface area (TPSA) is 51.9 Å². The lowest BCUT2D eigenvalue weighted by Gasteiger charge is -2.06. The fourth-order valence-electron chi connectivity index (χ4n) is 2.17. The first-order valence-electron chi connectivity index (χ1n) is 6.06. The van der Waals surface area contributed by atoms with E-state index in [4.69, 9.17) is 0 Å². The van der Waals surface area contributed by atoms with E-state index in [0.29, 0.717) is 11.5 Å². The Hall–Kier alpha value is -2.08. The number of amides is 1. The van der Waals surface area contributed by atoms with Gasteiger partial charge in [0, 0.05) is 25.9 Å². The summed E-state index contributed by atoms with van der Waals surface area (Å²) in [6.45, 7) is 2.81. The number of carbonyl (C=O) groups is 1. The summed E-state index contributed by atoms with van der Waals surface area (Å²) in [7, 11) is 1.82. The Bertz CT molecular complexity index is 737. The molecule has 0 fully saturated rings. The van der Waals surface area contributed by atoms with Gasteiger partial charge in [0.05, 0.1) is 10.2 Å². The smallest absolute Gasteiger partial charge is 0.273 e. The van der Waals surface area contributed by atoms with E-state index in [-0.39, 0.29) is 5.91 Å². The average Bonchev–Trinajstić information content (AvgIpc) is 3.03. The molecule has 3 aromatic rings. The van der Waals surface area contributed by atoms with Gasteiger partial charge < -0.3 is 9.88 Å². The fraction of sp³-hybridized carbons (Fsp3) is 0.231. The van der Waals surface area contributed by atoms with Gasteiger partial charge in [0.2, 0.25) is 0 Å². The summed E-state index contributed by atoms with van der Waals surface area (Å²) in [4.78, 5) is 12.3. The Kier molecular flexibility index (Phi) is 2.87. The summed E-state index contributed by atoms with van der Waals surface area (Å²) in [5.74, 6) is 0.448. The maximum absolute atomic E-state index is 12.3. The maximum Gasteiger partial charge on any atom is 0.273 e. The Balaban J connectivity index is 1.94. The van der Waals surface area contributed by atoms with Crippen LogP contribution in [0.1, 0.15) is 17.4 Å². The van der Waals surface area contributed by atoms with E-state index in [2.05, 4.69) is 10.4 Å². The van der Waals surface area contributed by atoms with Crippen molar-refractivity contribution >= 4 is 33.3 Å². The van der Waals surface area contributed by atoms with Crippen LogP contribution in [0.5, 0.6) is 0 Å². The van der Waals surface area contributed by atoms with Gasteiger partial charge in [0.25, 0.3) is 5.91 Å². The number of carbonyl (C=O) groups excluding carboxylic acids is 1. The molecule has 0 spiro atoms. The maximum atomic E-state index is 12.3. The Morgan fingerprint density at radius 1 is 1.47 bits per heavy atom. The van der Waals surface area contributed by atoms with Crippen LogP contribution < -0.4 is 5.32 Å². The predicted octanol–water partition coefficient (Wildman–Crippen LogP) is 2.71. The van der Waals surface area contributed by atoms with Crippen LogP contribution in [0.2, 0.25) is 0 Å². The molecule has 0 aromatic carbocycles. The molecule has 0 saturated carbocycles. The van der Waals surface area contributed by atoms with Crippen molar-refractivity contribution in [2.24, 2.45) is 7.05 Å². The fourth-order valence-corrected chi connectivity index (χ4v) is 2.99. The van der Waals surface area contributed by atoms with Crippen LogP contribution in [0, 0.1) is 0 Å². The van der Waals surface area contributed by atoms with Crippen molar-refractivity contribution in [2.75, 3.05) is 5.32 Å². The van der Waals surface area contributed by atoms with Crippen LogP contribution in [-0.4, -0.2) is 20.3 Å². The Morgan fingerprint density at radius 3 is 3.00 bits per heavy atom. The van der Waals surface area contributed by atoms with E-state index < -0.39 is 0 Å². The Labute approximate surface area is 114 Å². The lowest BCUT2D eigenvalue weighted by atomic mass is 10.4. The van der Waals surface area contributed by atoms with Crippen LogP contribution in [-0.2, 0) is 13.6 Å². The number of thiophene rings is 1. The highest BCUT2D eigenvalue weighted by atomic mass is 32.1. The van der Waals surface area contributed by atoms with E-state index in [0.717, 1.165) is 16.8 Å². The molecule has 5 nitrogen and oxygen atoms in total. The second-order valence-corrected chi connectivity index (χ2v) is 5.22. The molecule has 0 bridgehead atoms. The normalized spacial score (nSPS) is 11.1. The number of nitrogens with zero attached hydrogens (tertiary/aromatic N) is 3. The summed E-state index contributed by atoms with van der Waals surface area (Å²) in [5.41, 5.74) is 1.79. The van der Waals surface area contributed by atoms with E-state index in [1.165, 1.54) is 0 Å². The molecule has 1 amide bonds. The van der Waals surface area contributed by atoms with Gasteiger partial charge >= 0.3 is 0 Å². The monoisotopic (exact) mass is 274 g/mol. The summed E-state index contributed by atoms with van der Waals surface area (Å²) in [5, 5.41) is 9.01. The molecule has 98 valence electrons. The molecular weight excluding hydrogens is 260 g/mol. The van der Waals surface area contributed by atoms with E-state index in [9.17, 15) is 4.79 Å². The van der Waals surface area contributed by atoms with Crippen LogP contribution in [0.25, 0.3) is 10.2 Å². The van der Waals surface area contributed by atoms with Crippen molar-refractivity contribution in [3.05, 3.63) is 35.5 Å². The molecule has 0 radical (unpaired) electrons.